The first-order valence-electron chi connectivity index (χ1n) is 10.1. The Kier molecular flexibility index (Phi) is 5.69. The van der Waals surface area contributed by atoms with E-state index in [2.05, 4.69) is 28.1 Å². The molecule has 3 aromatic rings. The molecule has 0 aromatic heterocycles. The summed E-state index contributed by atoms with van der Waals surface area (Å²) in [5, 5.41) is 6.65. The molecule has 5 heteroatoms. The summed E-state index contributed by atoms with van der Waals surface area (Å²) in [4.78, 5) is 0. The van der Waals surface area contributed by atoms with Crippen LogP contribution in [-0.2, 0) is 12.6 Å². The maximum absolute atomic E-state index is 13.0. The molecule has 1 heterocycles. The molecule has 0 saturated carbocycles. The number of halogens is 3. The molecule has 0 atom stereocenters. The fourth-order valence-electron chi connectivity index (χ4n) is 4.12. The molecule has 0 radical (unpaired) electrons. The Labute approximate surface area is 174 Å². The van der Waals surface area contributed by atoms with Crippen molar-refractivity contribution in [1.82, 2.24) is 5.01 Å². The Balaban J connectivity index is 1.59. The molecule has 3 aromatic carbocycles. The van der Waals surface area contributed by atoms with Crippen LogP contribution in [0.25, 0.3) is 10.8 Å². The van der Waals surface area contributed by atoms with E-state index in [9.17, 15) is 13.2 Å². The third-order valence-electron chi connectivity index (χ3n) is 5.63. The summed E-state index contributed by atoms with van der Waals surface area (Å²) in [6.07, 6.45) is 4.06. The van der Waals surface area contributed by atoms with Crippen LogP contribution in [0.3, 0.4) is 0 Å². The number of alkyl halides is 3. The highest BCUT2D eigenvalue weighted by Gasteiger charge is 2.30. The summed E-state index contributed by atoms with van der Waals surface area (Å²) in [5.74, 6) is 2.75. The Morgan fingerprint density at radius 2 is 1.67 bits per heavy atom. The molecule has 1 fully saturated rings. The number of rotatable bonds is 4. The van der Waals surface area contributed by atoms with E-state index in [4.69, 9.17) is 6.42 Å². The molecule has 2 nitrogen and oxygen atoms in total. The molecule has 154 valence electrons. The van der Waals surface area contributed by atoms with Crippen LogP contribution >= 0.6 is 0 Å². The van der Waals surface area contributed by atoms with Crippen molar-refractivity contribution < 1.29 is 13.2 Å². The average Bonchev–Trinajstić information content (AvgIpc) is 2.77. The lowest BCUT2D eigenvalue weighted by Crippen LogP contribution is -2.48. The standard InChI is InChI=1S/C25H23F3N2/c1-2-20-12-13-24(23-11-4-3-10-22(20)23)30-16-6-5-15-29(30)17-14-19-8-7-9-21(18-19)25(26,27)28/h1,3-4,7-13,18H,5-6,14-17H2. The van der Waals surface area contributed by atoms with Gasteiger partial charge in [0.05, 0.1) is 11.3 Å². The van der Waals surface area contributed by atoms with E-state index in [1.165, 1.54) is 12.1 Å². The molecule has 0 amide bonds. The normalized spacial score (nSPS) is 15.3. The van der Waals surface area contributed by atoms with Gasteiger partial charge in [-0.15, -0.1) is 6.42 Å². The van der Waals surface area contributed by atoms with Gasteiger partial charge in [-0.25, -0.2) is 5.01 Å². The number of nitrogens with zero attached hydrogens (tertiary/aromatic N) is 2. The maximum atomic E-state index is 13.0. The van der Waals surface area contributed by atoms with Crippen LogP contribution in [0.2, 0.25) is 0 Å². The van der Waals surface area contributed by atoms with Gasteiger partial charge >= 0.3 is 6.18 Å². The minimum atomic E-state index is -4.31. The van der Waals surface area contributed by atoms with E-state index >= 15 is 0 Å². The summed E-state index contributed by atoms with van der Waals surface area (Å²) >= 11 is 0. The highest BCUT2D eigenvalue weighted by molar-refractivity contribution is 5.97. The summed E-state index contributed by atoms with van der Waals surface area (Å²) < 4.78 is 39.1. The van der Waals surface area contributed by atoms with Gasteiger partial charge in [0, 0.05) is 30.6 Å². The zero-order valence-electron chi connectivity index (χ0n) is 16.6. The van der Waals surface area contributed by atoms with Crippen molar-refractivity contribution in [2.45, 2.75) is 25.4 Å². The van der Waals surface area contributed by atoms with Crippen LogP contribution in [0.4, 0.5) is 18.9 Å². The van der Waals surface area contributed by atoms with E-state index in [1.807, 2.05) is 24.3 Å². The molecule has 1 saturated heterocycles. The molecule has 0 N–H and O–H groups in total. The van der Waals surface area contributed by atoms with Crippen molar-refractivity contribution in [3.8, 4) is 12.3 Å². The van der Waals surface area contributed by atoms with Gasteiger partial charge in [-0.05, 0) is 48.4 Å². The number of terminal acetylenes is 1. The van der Waals surface area contributed by atoms with Crippen LogP contribution in [0.15, 0.2) is 60.7 Å². The van der Waals surface area contributed by atoms with E-state index in [1.54, 1.807) is 6.07 Å². The number of benzene rings is 3. The molecule has 0 spiro atoms. The number of fused-ring (bicyclic) bond motifs is 1. The Morgan fingerprint density at radius 1 is 0.900 bits per heavy atom. The Hall–Kier alpha value is -2.97. The highest BCUT2D eigenvalue weighted by Crippen LogP contribution is 2.32. The van der Waals surface area contributed by atoms with Crippen molar-refractivity contribution in [1.29, 1.82) is 0 Å². The first kappa shape index (κ1) is 20.3. The average molecular weight is 408 g/mol. The van der Waals surface area contributed by atoms with E-state index < -0.39 is 11.7 Å². The highest BCUT2D eigenvalue weighted by atomic mass is 19.4. The summed E-state index contributed by atoms with van der Waals surface area (Å²) in [6, 6.07) is 17.7. The molecule has 0 bridgehead atoms. The van der Waals surface area contributed by atoms with E-state index in [-0.39, 0.29) is 0 Å². The second-order valence-electron chi connectivity index (χ2n) is 7.55. The van der Waals surface area contributed by atoms with Gasteiger partial charge < -0.3 is 5.01 Å². The van der Waals surface area contributed by atoms with Gasteiger partial charge in [0.25, 0.3) is 0 Å². The van der Waals surface area contributed by atoms with Crippen molar-refractivity contribution in [2.24, 2.45) is 0 Å². The summed E-state index contributed by atoms with van der Waals surface area (Å²) in [7, 11) is 0. The first-order valence-corrected chi connectivity index (χ1v) is 10.1. The van der Waals surface area contributed by atoms with Gasteiger partial charge in [-0.3, -0.25) is 0 Å². The number of hydrazine groups is 1. The molecular formula is C25H23F3N2. The number of anilines is 1. The predicted molar refractivity (Wildman–Crippen MR) is 115 cm³/mol. The third-order valence-corrected chi connectivity index (χ3v) is 5.63. The van der Waals surface area contributed by atoms with Crippen LogP contribution in [0.5, 0.6) is 0 Å². The topological polar surface area (TPSA) is 6.48 Å². The second kappa shape index (κ2) is 8.41. The number of hydrogen-bond acceptors (Lipinski definition) is 2. The van der Waals surface area contributed by atoms with Crippen LogP contribution in [0.1, 0.15) is 29.5 Å². The molecule has 0 unspecified atom stereocenters. The fourth-order valence-corrected chi connectivity index (χ4v) is 4.12. The predicted octanol–water partition coefficient (Wildman–Crippen LogP) is 5.90. The fraction of sp³-hybridized carbons (Fsp3) is 0.280. The Bertz CT molecular complexity index is 1080. The van der Waals surface area contributed by atoms with Gasteiger partial charge in [-0.1, -0.05) is 48.4 Å². The van der Waals surface area contributed by atoms with Crippen molar-refractivity contribution >= 4 is 16.5 Å². The first-order chi connectivity index (χ1) is 14.5. The zero-order valence-corrected chi connectivity index (χ0v) is 16.6. The lowest BCUT2D eigenvalue weighted by Gasteiger charge is -2.41. The minimum absolute atomic E-state index is 0.556. The monoisotopic (exact) mass is 408 g/mol. The van der Waals surface area contributed by atoms with Crippen LogP contribution in [-0.4, -0.2) is 24.6 Å². The van der Waals surface area contributed by atoms with Crippen molar-refractivity contribution in [2.75, 3.05) is 24.6 Å². The Morgan fingerprint density at radius 3 is 2.43 bits per heavy atom. The lowest BCUT2D eigenvalue weighted by atomic mass is 10.0. The quantitative estimate of drug-likeness (QED) is 0.496. The van der Waals surface area contributed by atoms with E-state index in [0.29, 0.717) is 18.5 Å². The van der Waals surface area contributed by atoms with Crippen LogP contribution in [0, 0.1) is 12.3 Å². The molecular weight excluding hydrogens is 385 g/mol. The van der Waals surface area contributed by atoms with Gasteiger partial charge in [0.1, 0.15) is 0 Å². The van der Waals surface area contributed by atoms with Gasteiger partial charge in [-0.2, -0.15) is 13.2 Å². The largest absolute Gasteiger partial charge is 0.416 e. The third kappa shape index (κ3) is 4.15. The second-order valence-corrected chi connectivity index (χ2v) is 7.55. The summed E-state index contributed by atoms with van der Waals surface area (Å²) in [6.45, 7) is 2.42. The molecule has 1 aliphatic heterocycles. The van der Waals surface area contributed by atoms with Gasteiger partial charge in [0.2, 0.25) is 0 Å². The maximum Gasteiger partial charge on any atom is 0.416 e. The van der Waals surface area contributed by atoms with Gasteiger partial charge in [0.15, 0.2) is 0 Å². The van der Waals surface area contributed by atoms with E-state index in [0.717, 1.165) is 54.0 Å². The van der Waals surface area contributed by atoms with Crippen molar-refractivity contribution in [3.63, 3.8) is 0 Å². The minimum Gasteiger partial charge on any atom is -0.305 e. The number of hydrogen-bond donors (Lipinski definition) is 0. The molecule has 4 rings (SSSR count). The molecule has 1 aliphatic rings. The molecule has 0 aliphatic carbocycles. The lowest BCUT2D eigenvalue weighted by molar-refractivity contribution is -0.137. The zero-order chi connectivity index (χ0) is 21.1. The van der Waals surface area contributed by atoms with Crippen LogP contribution < -0.4 is 5.01 Å². The smallest absolute Gasteiger partial charge is 0.305 e. The van der Waals surface area contributed by atoms with Crippen molar-refractivity contribution in [3.05, 3.63) is 77.4 Å². The SMILES string of the molecule is C#Cc1ccc(N2CCCCN2CCc2cccc(C(F)(F)F)c2)c2ccccc12. The summed E-state index contributed by atoms with van der Waals surface area (Å²) in [5.41, 5.74) is 2.06. The molecule has 30 heavy (non-hydrogen) atoms.